The number of piperidine rings is 1. The molecule has 34 heavy (non-hydrogen) atoms. The van der Waals surface area contributed by atoms with E-state index < -0.39 is 0 Å². The second kappa shape index (κ2) is 9.55. The van der Waals surface area contributed by atoms with Gasteiger partial charge in [-0.25, -0.2) is 4.98 Å². The highest BCUT2D eigenvalue weighted by molar-refractivity contribution is 6.30. The van der Waals surface area contributed by atoms with E-state index in [9.17, 15) is 0 Å². The van der Waals surface area contributed by atoms with E-state index in [-0.39, 0.29) is 6.04 Å². The lowest BCUT2D eigenvalue weighted by Gasteiger charge is -2.36. The van der Waals surface area contributed by atoms with Crippen molar-refractivity contribution in [3.05, 3.63) is 81.9 Å². The summed E-state index contributed by atoms with van der Waals surface area (Å²) in [5.74, 6) is 1.71. The molecule has 0 radical (unpaired) electrons. The third kappa shape index (κ3) is 4.55. The Kier molecular flexibility index (Phi) is 6.33. The molecule has 0 saturated carbocycles. The van der Waals surface area contributed by atoms with Crippen LogP contribution >= 0.6 is 11.6 Å². The number of rotatable bonds is 4. The molecule has 3 heterocycles. The molecule has 2 aromatic carbocycles. The molecule has 176 valence electrons. The summed E-state index contributed by atoms with van der Waals surface area (Å²) in [5.41, 5.74) is 6.54. The first kappa shape index (κ1) is 22.5. The molecule has 1 aromatic heterocycles. The summed E-state index contributed by atoms with van der Waals surface area (Å²) in [6.07, 6.45) is 8.87. The number of hydrogen-bond donors (Lipinski definition) is 0. The summed E-state index contributed by atoms with van der Waals surface area (Å²) < 4.78 is 7.69. The third-order valence-corrected chi connectivity index (χ3v) is 6.62. The fraction of sp³-hybridized carbons (Fsp3) is 0.333. The fourth-order valence-electron chi connectivity index (χ4n) is 4.88. The first-order valence-electron chi connectivity index (χ1n) is 11.7. The Bertz CT molecular complexity index is 1240. The molecule has 2 aliphatic rings. The van der Waals surface area contributed by atoms with Crippen LogP contribution in [-0.2, 0) is 4.84 Å². The number of aromatic nitrogens is 2. The molecule has 6 nitrogen and oxygen atoms in total. The van der Waals surface area contributed by atoms with E-state index in [1.807, 2.05) is 23.8 Å². The predicted molar refractivity (Wildman–Crippen MR) is 136 cm³/mol. The van der Waals surface area contributed by atoms with Crippen molar-refractivity contribution in [3.8, 4) is 11.4 Å². The lowest BCUT2D eigenvalue weighted by Crippen LogP contribution is -2.39. The molecular formula is C27H29ClN4O2. The van der Waals surface area contributed by atoms with Gasteiger partial charge in [0.05, 0.1) is 30.9 Å². The van der Waals surface area contributed by atoms with Gasteiger partial charge in [-0.15, -0.1) is 0 Å². The Morgan fingerprint density at radius 1 is 1.18 bits per heavy atom. The number of aryl methyl sites for hydroxylation is 2. The van der Waals surface area contributed by atoms with Crippen LogP contribution in [-0.4, -0.2) is 40.5 Å². The minimum absolute atomic E-state index is 0.184. The number of methoxy groups -OCH3 is 1. The Morgan fingerprint density at radius 3 is 2.82 bits per heavy atom. The van der Waals surface area contributed by atoms with E-state index >= 15 is 0 Å². The zero-order valence-corrected chi connectivity index (χ0v) is 20.5. The van der Waals surface area contributed by atoms with E-state index in [1.54, 1.807) is 13.4 Å². The van der Waals surface area contributed by atoms with Crippen LogP contribution in [0.1, 0.15) is 47.7 Å². The number of benzene rings is 2. The number of nitrogens with zero attached hydrogens (tertiary/aromatic N) is 4. The van der Waals surface area contributed by atoms with Crippen LogP contribution < -0.4 is 4.74 Å². The average Bonchev–Trinajstić information content (AvgIpc) is 3.12. The van der Waals surface area contributed by atoms with Gasteiger partial charge in [0.25, 0.3) is 0 Å². The monoisotopic (exact) mass is 476 g/mol. The zero-order valence-electron chi connectivity index (χ0n) is 19.8. The van der Waals surface area contributed by atoms with Crippen LogP contribution in [0.25, 0.3) is 11.8 Å². The molecule has 3 aromatic rings. The second-order valence-electron chi connectivity index (χ2n) is 8.93. The lowest BCUT2D eigenvalue weighted by atomic mass is 9.94. The van der Waals surface area contributed by atoms with Crippen LogP contribution in [0.4, 0.5) is 0 Å². The molecule has 0 N–H and O–H groups in total. The van der Waals surface area contributed by atoms with Gasteiger partial charge in [0.15, 0.2) is 5.84 Å². The molecule has 0 bridgehead atoms. The molecule has 7 heteroatoms. The maximum atomic E-state index is 6.40. The van der Waals surface area contributed by atoms with Crippen molar-refractivity contribution in [2.75, 3.05) is 20.3 Å². The topological polar surface area (TPSA) is 51.9 Å². The normalized spacial score (nSPS) is 19.3. The van der Waals surface area contributed by atoms with E-state index in [1.165, 1.54) is 16.7 Å². The molecule has 0 unspecified atom stereocenters. The highest BCUT2D eigenvalue weighted by atomic mass is 35.5. The lowest BCUT2D eigenvalue weighted by molar-refractivity contribution is 0.140. The van der Waals surface area contributed by atoms with Gasteiger partial charge < -0.3 is 19.0 Å². The molecule has 1 fully saturated rings. The number of imidazole rings is 1. The second-order valence-corrected chi connectivity index (χ2v) is 9.37. The highest BCUT2D eigenvalue weighted by Crippen LogP contribution is 2.35. The predicted octanol–water partition coefficient (Wildman–Crippen LogP) is 6.11. The number of ether oxygens (including phenoxy) is 1. The number of oxime groups is 1. The van der Waals surface area contributed by atoms with Crippen molar-refractivity contribution < 1.29 is 9.57 Å². The summed E-state index contributed by atoms with van der Waals surface area (Å²) in [7, 11) is 1.70. The van der Waals surface area contributed by atoms with Gasteiger partial charge in [-0.1, -0.05) is 28.9 Å². The van der Waals surface area contributed by atoms with Crippen molar-refractivity contribution in [2.24, 2.45) is 5.16 Å². The van der Waals surface area contributed by atoms with E-state index in [2.05, 4.69) is 58.4 Å². The summed E-state index contributed by atoms with van der Waals surface area (Å²) in [5, 5.41) is 5.32. The molecule has 1 atom stereocenters. The van der Waals surface area contributed by atoms with Gasteiger partial charge in [-0.2, -0.15) is 0 Å². The van der Waals surface area contributed by atoms with Crippen LogP contribution in [0.15, 0.2) is 59.7 Å². The number of amidine groups is 1. The Hall–Kier alpha value is -3.25. The quantitative estimate of drug-likeness (QED) is 0.456. The maximum absolute atomic E-state index is 6.40. The summed E-state index contributed by atoms with van der Waals surface area (Å²) in [4.78, 5) is 12.4. The standard InChI is InChI=1S/C27H29ClN4O2/c1-18-11-22(15-23(28)12-18)24-8-10-34-30-27-21(5-4-9-32(24)27)13-20-6-7-25(26(14-20)33-3)31-16-19(2)29-17-31/h6-7,11-17,24H,4-5,8-10H2,1-3H3/b21-13+/t24-/m1/s1. The van der Waals surface area contributed by atoms with E-state index in [4.69, 9.17) is 21.2 Å². The summed E-state index contributed by atoms with van der Waals surface area (Å²) >= 11 is 6.40. The largest absolute Gasteiger partial charge is 0.495 e. The summed E-state index contributed by atoms with van der Waals surface area (Å²) in [6, 6.07) is 12.7. The van der Waals surface area contributed by atoms with Gasteiger partial charge in [-0.05, 0) is 79.3 Å². The number of halogens is 1. The molecule has 1 saturated heterocycles. The molecular weight excluding hydrogens is 448 g/mol. The van der Waals surface area contributed by atoms with Gasteiger partial charge in [0.2, 0.25) is 0 Å². The van der Waals surface area contributed by atoms with Crippen molar-refractivity contribution in [3.63, 3.8) is 0 Å². The number of hydrogen-bond acceptors (Lipinski definition) is 5. The SMILES string of the molecule is COc1cc(/C=C2\CCCN3C2=NOCC[C@@H]3c2cc(C)cc(Cl)c2)ccc1-n1cnc(C)c1. The van der Waals surface area contributed by atoms with E-state index in [0.29, 0.717) is 6.61 Å². The van der Waals surface area contributed by atoms with Crippen LogP contribution in [0.3, 0.4) is 0 Å². The summed E-state index contributed by atoms with van der Waals surface area (Å²) in [6.45, 7) is 5.58. The minimum atomic E-state index is 0.184. The van der Waals surface area contributed by atoms with Crippen LogP contribution in [0.2, 0.25) is 5.02 Å². The van der Waals surface area contributed by atoms with Crippen LogP contribution in [0, 0.1) is 13.8 Å². The first-order chi connectivity index (χ1) is 16.5. The Labute approximate surface area is 205 Å². The van der Waals surface area contributed by atoms with Gasteiger partial charge in [-0.3, -0.25) is 0 Å². The Balaban J connectivity index is 1.48. The first-order valence-corrected chi connectivity index (χ1v) is 12.0. The average molecular weight is 477 g/mol. The van der Waals surface area contributed by atoms with Crippen molar-refractivity contribution >= 4 is 23.5 Å². The Morgan fingerprint density at radius 2 is 2.06 bits per heavy atom. The van der Waals surface area contributed by atoms with Crippen LogP contribution in [0.5, 0.6) is 5.75 Å². The molecule has 0 aliphatic carbocycles. The third-order valence-electron chi connectivity index (χ3n) is 6.40. The van der Waals surface area contributed by atoms with Crippen molar-refractivity contribution in [1.29, 1.82) is 0 Å². The molecule has 0 spiro atoms. The van der Waals surface area contributed by atoms with Gasteiger partial charge in [0.1, 0.15) is 12.4 Å². The fourth-order valence-corrected chi connectivity index (χ4v) is 5.17. The van der Waals surface area contributed by atoms with Crippen molar-refractivity contribution in [1.82, 2.24) is 14.5 Å². The highest BCUT2D eigenvalue weighted by Gasteiger charge is 2.31. The molecule has 2 aliphatic heterocycles. The molecule has 0 amide bonds. The van der Waals surface area contributed by atoms with E-state index in [0.717, 1.165) is 59.4 Å². The maximum Gasteiger partial charge on any atom is 0.171 e. The molecule has 5 rings (SSSR count). The number of fused-ring (bicyclic) bond motifs is 1. The minimum Gasteiger partial charge on any atom is -0.495 e. The van der Waals surface area contributed by atoms with Gasteiger partial charge >= 0.3 is 0 Å². The van der Waals surface area contributed by atoms with Gasteiger partial charge in [0, 0.05) is 24.2 Å². The van der Waals surface area contributed by atoms with Crippen molar-refractivity contribution in [2.45, 2.75) is 39.2 Å². The zero-order chi connectivity index (χ0) is 23.7. The smallest absolute Gasteiger partial charge is 0.171 e.